The molecule has 0 aliphatic rings. The number of Topliss-reactive ketones (excluding diaryl/α,β-unsaturated/α-hetero) is 1. The molecule has 0 heterocycles. The Morgan fingerprint density at radius 1 is 1.19 bits per heavy atom. The maximum atomic E-state index is 12.8. The highest BCUT2D eigenvalue weighted by atomic mass is 127. The molecule has 0 amide bonds. The van der Waals surface area contributed by atoms with Crippen LogP contribution in [0.4, 0.5) is 5.69 Å². The monoisotopic (exact) mass is 518 g/mol. The van der Waals surface area contributed by atoms with Crippen LogP contribution in [0.25, 0.3) is 0 Å². The number of nitrogens with one attached hydrogen (secondary N) is 1. The Morgan fingerprint density at radius 3 is 2.44 bits per heavy atom. The Labute approximate surface area is 181 Å². The lowest BCUT2D eigenvalue weighted by Crippen LogP contribution is -2.31. The number of halogens is 3. The number of esters is 1. The Kier molecular flexibility index (Phi) is 8.07. The topological polar surface area (TPSA) is 67.8 Å². The lowest BCUT2D eigenvalue weighted by atomic mass is 9.95. The van der Waals surface area contributed by atoms with Crippen LogP contribution < -0.4 is 5.43 Å². The summed E-state index contributed by atoms with van der Waals surface area (Å²) in [6, 6.07) is 11.9. The van der Waals surface area contributed by atoms with Gasteiger partial charge in [-0.25, -0.2) is 4.79 Å². The summed E-state index contributed by atoms with van der Waals surface area (Å²) in [6.07, 6.45) is 0. The maximum Gasteiger partial charge on any atom is 0.355 e. The Morgan fingerprint density at radius 2 is 1.85 bits per heavy atom. The SMILES string of the molecule is CCOC(=O)/C(=N\Nc1ccc(Cl)cc1Cl)C(C)C(=O)c1ccc(I)cc1. The van der Waals surface area contributed by atoms with Gasteiger partial charge in [0.25, 0.3) is 0 Å². The highest BCUT2D eigenvalue weighted by Gasteiger charge is 2.27. The van der Waals surface area contributed by atoms with Crippen LogP contribution in [0.3, 0.4) is 0 Å². The minimum absolute atomic E-state index is 0.0357. The average molecular weight is 519 g/mol. The molecule has 0 saturated heterocycles. The Bertz CT molecular complexity index is 870. The number of hydrogen-bond donors (Lipinski definition) is 1. The normalized spacial score (nSPS) is 12.4. The van der Waals surface area contributed by atoms with Crippen LogP contribution >= 0.6 is 45.8 Å². The van der Waals surface area contributed by atoms with Gasteiger partial charge < -0.3 is 4.74 Å². The van der Waals surface area contributed by atoms with E-state index in [-0.39, 0.29) is 18.1 Å². The molecule has 2 aromatic rings. The van der Waals surface area contributed by atoms with E-state index in [2.05, 4.69) is 33.1 Å². The molecular weight excluding hydrogens is 502 g/mol. The lowest BCUT2D eigenvalue weighted by Gasteiger charge is -2.14. The number of hydrazone groups is 1. The van der Waals surface area contributed by atoms with Gasteiger partial charge >= 0.3 is 5.97 Å². The van der Waals surface area contributed by atoms with Crippen LogP contribution in [-0.4, -0.2) is 24.1 Å². The van der Waals surface area contributed by atoms with Crippen LogP contribution in [0.2, 0.25) is 10.0 Å². The first-order valence-electron chi connectivity index (χ1n) is 8.09. The highest BCUT2D eigenvalue weighted by Crippen LogP contribution is 2.25. The number of rotatable bonds is 7. The third kappa shape index (κ3) is 5.92. The van der Waals surface area contributed by atoms with E-state index < -0.39 is 11.9 Å². The zero-order valence-electron chi connectivity index (χ0n) is 14.6. The smallest absolute Gasteiger partial charge is 0.355 e. The Hall–Kier alpha value is -1.64. The molecule has 27 heavy (non-hydrogen) atoms. The van der Waals surface area contributed by atoms with Crippen LogP contribution in [0.1, 0.15) is 24.2 Å². The van der Waals surface area contributed by atoms with E-state index in [1.54, 1.807) is 44.2 Å². The number of carbonyl (C=O) groups is 2. The molecule has 142 valence electrons. The largest absolute Gasteiger partial charge is 0.461 e. The summed E-state index contributed by atoms with van der Waals surface area (Å²) < 4.78 is 6.06. The van der Waals surface area contributed by atoms with E-state index in [0.29, 0.717) is 21.3 Å². The van der Waals surface area contributed by atoms with Gasteiger partial charge in [-0.1, -0.05) is 35.3 Å². The summed E-state index contributed by atoms with van der Waals surface area (Å²) in [6.45, 7) is 3.47. The standard InChI is InChI=1S/C19H17Cl2IN2O3/c1-3-27-19(26)17(24-23-16-9-6-13(20)10-15(16)21)11(2)18(25)12-4-7-14(22)8-5-12/h4-11,23H,3H2,1-2H3/b24-17-. The molecule has 0 fully saturated rings. The minimum Gasteiger partial charge on any atom is -0.461 e. The molecule has 0 aliphatic carbocycles. The molecule has 2 rings (SSSR count). The van der Waals surface area contributed by atoms with Crippen molar-refractivity contribution in [2.45, 2.75) is 13.8 Å². The van der Waals surface area contributed by atoms with Crippen molar-refractivity contribution in [1.82, 2.24) is 0 Å². The van der Waals surface area contributed by atoms with Gasteiger partial charge in [-0.2, -0.15) is 5.10 Å². The van der Waals surface area contributed by atoms with Crippen LogP contribution in [0, 0.1) is 9.49 Å². The summed E-state index contributed by atoms with van der Waals surface area (Å²) in [5.74, 6) is -1.70. The Balaban J connectivity index is 2.30. The van der Waals surface area contributed by atoms with E-state index in [0.717, 1.165) is 3.57 Å². The van der Waals surface area contributed by atoms with Gasteiger partial charge in [0, 0.05) is 14.2 Å². The van der Waals surface area contributed by atoms with Gasteiger partial charge in [0.2, 0.25) is 0 Å². The van der Waals surface area contributed by atoms with Crippen molar-refractivity contribution in [3.8, 4) is 0 Å². The first kappa shape index (κ1) is 21.7. The fourth-order valence-corrected chi connectivity index (χ4v) is 3.02. The molecule has 1 N–H and O–H groups in total. The molecule has 1 atom stereocenters. The molecule has 8 heteroatoms. The predicted octanol–water partition coefficient (Wildman–Crippen LogP) is 5.45. The second kappa shape index (κ2) is 10.1. The number of carbonyl (C=O) groups excluding carboxylic acids is 2. The predicted molar refractivity (Wildman–Crippen MR) is 117 cm³/mol. The number of ketones is 1. The van der Waals surface area contributed by atoms with Crippen LogP contribution in [0.5, 0.6) is 0 Å². The van der Waals surface area contributed by atoms with E-state index in [1.807, 2.05) is 12.1 Å². The summed E-state index contributed by atoms with van der Waals surface area (Å²) in [5, 5.41) is 4.92. The van der Waals surface area contributed by atoms with Crippen molar-refractivity contribution >= 4 is 68.9 Å². The van der Waals surface area contributed by atoms with Crippen molar-refractivity contribution in [2.24, 2.45) is 11.0 Å². The third-order valence-corrected chi connectivity index (χ3v) is 4.91. The molecule has 0 bridgehead atoms. The average Bonchev–Trinajstić information content (AvgIpc) is 2.63. The number of hydrogen-bond acceptors (Lipinski definition) is 5. The molecule has 5 nitrogen and oxygen atoms in total. The number of nitrogens with zero attached hydrogens (tertiary/aromatic N) is 1. The molecule has 0 aromatic heterocycles. The van der Waals surface area contributed by atoms with Crippen molar-refractivity contribution in [3.63, 3.8) is 0 Å². The highest BCUT2D eigenvalue weighted by molar-refractivity contribution is 14.1. The number of ether oxygens (including phenoxy) is 1. The first-order chi connectivity index (χ1) is 12.8. The van der Waals surface area contributed by atoms with Crippen molar-refractivity contribution < 1.29 is 14.3 Å². The molecule has 1 unspecified atom stereocenters. The van der Waals surface area contributed by atoms with Crippen LogP contribution in [0.15, 0.2) is 47.6 Å². The van der Waals surface area contributed by atoms with E-state index >= 15 is 0 Å². The van der Waals surface area contributed by atoms with Crippen molar-refractivity contribution in [3.05, 3.63) is 61.6 Å². The van der Waals surface area contributed by atoms with Gasteiger partial charge in [0.15, 0.2) is 11.5 Å². The van der Waals surface area contributed by atoms with E-state index in [9.17, 15) is 9.59 Å². The molecule has 0 spiro atoms. The third-order valence-electron chi connectivity index (χ3n) is 3.64. The molecule has 2 aromatic carbocycles. The first-order valence-corrected chi connectivity index (χ1v) is 9.92. The van der Waals surface area contributed by atoms with Crippen molar-refractivity contribution in [1.29, 1.82) is 0 Å². The van der Waals surface area contributed by atoms with Gasteiger partial charge in [-0.05, 0) is 66.8 Å². The lowest BCUT2D eigenvalue weighted by molar-refractivity contribution is -0.135. The fourth-order valence-electron chi connectivity index (χ4n) is 2.21. The second-order valence-electron chi connectivity index (χ2n) is 5.55. The second-order valence-corrected chi connectivity index (χ2v) is 7.64. The van der Waals surface area contributed by atoms with Gasteiger partial charge in [-0.15, -0.1) is 0 Å². The zero-order chi connectivity index (χ0) is 20.0. The summed E-state index contributed by atoms with van der Waals surface area (Å²) in [4.78, 5) is 25.1. The molecular formula is C19H17Cl2IN2O3. The summed E-state index contributed by atoms with van der Waals surface area (Å²) in [5.41, 5.74) is 3.63. The zero-order valence-corrected chi connectivity index (χ0v) is 18.3. The van der Waals surface area contributed by atoms with E-state index in [4.69, 9.17) is 27.9 Å². The molecule has 0 radical (unpaired) electrons. The number of anilines is 1. The molecule has 0 saturated carbocycles. The van der Waals surface area contributed by atoms with Crippen molar-refractivity contribution in [2.75, 3.05) is 12.0 Å². The van der Waals surface area contributed by atoms with E-state index in [1.165, 1.54) is 0 Å². The minimum atomic E-state index is -0.803. The van der Waals surface area contributed by atoms with Gasteiger partial charge in [0.05, 0.1) is 23.2 Å². The number of benzene rings is 2. The quantitative estimate of drug-likeness (QED) is 0.174. The fraction of sp³-hybridized carbons (Fsp3) is 0.211. The summed E-state index contributed by atoms with van der Waals surface area (Å²) >= 11 is 14.1. The van der Waals surface area contributed by atoms with Crippen LogP contribution in [-0.2, 0) is 9.53 Å². The maximum absolute atomic E-state index is 12.8. The summed E-state index contributed by atoms with van der Waals surface area (Å²) in [7, 11) is 0. The van der Waals surface area contributed by atoms with Gasteiger partial charge in [-0.3, -0.25) is 10.2 Å². The molecule has 0 aliphatic heterocycles. The van der Waals surface area contributed by atoms with Gasteiger partial charge in [0.1, 0.15) is 0 Å².